The average Bonchev–Trinajstić information content (AvgIpc) is 3.74. The Morgan fingerprint density at radius 1 is 0.909 bits per heavy atom. The zero-order valence-electron chi connectivity index (χ0n) is 34.4. The molecule has 2 amide bonds. The van der Waals surface area contributed by atoms with Crippen molar-refractivity contribution in [3.63, 3.8) is 0 Å². The van der Waals surface area contributed by atoms with Crippen LogP contribution >= 0.6 is 0 Å². The third-order valence-electron chi connectivity index (χ3n) is 10.9. The molecule has 3 fully saturated rings. The lowest BCUT2D eigenvalue weighted by Gasteiger charge is -2.32. The van der Waals surface area contributed by atoms with Crippen LogP contribution in [0.15, 0.2) is 42.9 Å². The van der Waals surface area contributed by atoms with Gasteiger partial charge in [-0.25, -0.2) is 19.6 Å². The van der Waals surface area contributed by atoms with Gasteiger partial charge >= 0.3 is 12.2 Å². The number of hydrogen-bond donors (Lipinski definition) is 1. The standard InChI is InChI=1S/C42H63N7O6/c1-40(2,3)54-38(50)47(23-16-28-14-11-10-12-15-28)19-13-20-48(39(51)55-41(4,5)6)25-30-24-32(35-34(30)52-42(7,8)53-35)49-26-31(29-17-21-46(9)22-18-29)33-36(43)44-27-45-37(33)49/h10-12,14-15,26-27,29-30,32,34-35H,13,16-25H2,1-9H3,(H2,43,44,45)/t30-,32-,34-,35+/m1/s1. The van der Waals surface area contributed by atoms with Gasteiger partial charge < -0.3 is 43.9 Å². The maximum atomic E-state index is 13.9. The lowest BCUT2D eigenvalue weighted by molar-refractivity contribution is -0.160. The third kappa shape index (κ3) is 10.1. The van der Waals surface area contributed by atoms with Gasteiger partial charge in [-0.1, -0.05) is 30.3 Å². The molecule has 4 heterocycles. The molecule has 2 saturated heterocycles. The summed E-state index contributed by atoms with van der Waals surface area (Å²) in [6.45, 7) is 18.9. The van der Waals surface area contributed by atoms with Crippen LogP contribution in [0.3, 0.4) is 0 Å². The highest BCUT2D eigenvalue weighted by Crippen LogP contribution is 2.49. The molecule has 6 rings (SSSR count). The number of ether oxygens (including phenoxy) is 4. The predicted octanol–water partition coefficient (Wildman–Crippen LogP) is 7.01. The summed E-state index contributed by atoms with van der Waals surface area (Å²) in [4.78, 5) is 42.4. The average molecular weight is 762 g/mol. The number of carbonyl (C=O) groups is 2. The van der Waals surface area contributed by atoms with Gasteiger partial charge in [0.2, 0.25) is 0 Å². The number of hydrogen-bond acceptors (Lipinski definition) is 10. The monoisotopic (exact) mass is 761 g/mol. The number of likely N-dealkylation sites (tertiary alicyclic amines) is 1. The van der Waals surface area contributed by atoms with Crippen LogP contribution in [0.4, 0.5) is 15.4 Å². The topological polar surface area (TPSA) is 138 Å². The third-order valence-corrected chi connectivity index (χ3v) is 10.9. The summed E-state index contributed by atoms with van der Waals surface area (Å²) < 4.78 is 27.3. The van der Waals surface area contributed by atoms with Crippen LogP contribution < -0.4 is 5.73 Å². The van der Waals surface area contributed by atoms with Gasteiger partial charge in [-0.2, -0.15) is 0 Å². The zero-order valence-corrected chi connectivity index (χ0v) is 34.4. The molecule has 13 heteroatoms. The van der Waals surface area contributed by atoms with Crippen molar-refractivity contribution in [3.8, 4) is 0 Å². The van der Waals surface area contributed by atoms with Crippen LogP contribution in [0.5, 0.6) is 0 Å². The summed E-state index contributed by atoms with van der Waals surface area (Å²) in [6, 6.07) is 10.0. The van der Waals surface area contributed by atoms with Gasteiger partial charge in [-0.05, 0) is 125 Å². The molecule has 1 saturated carbocycles. The molecule has 2 N–H and O–H groups in total. The van der Waals surface area contributed by atoms with E-state index in [9.17, 15) is 9.59 Å². The molecule has 4 atom stereocenters. The van der Waals surface area contributed by atoms with Gasteiger partial charge in [0.25, 0.3) is 0 Å². The van der Waals surface area contributed by atoms with Crippen molar-refractivity contribution in [1.82, 2.24) is 29.2 Å². The molecule has 0 spiro atoms. The van der Waals surface area contributed by atoms with E-state index in [1.165, 1.54) is 11.9 Å². The summed E-state index contributed by atoms with van der Waals surface area (Å²) in [6.07, 6.45) is 6.50. The van der Waals surface area contributed by atoms with E-state index in [4.69, 9.17) is 29.7 Å². The molecule has 1 aliphatic carbocycles. The van der Waals surface area contributed by atoms with E-state index in [1.54, 1.807) is 9.80 Å². The molecule has 0 unspecified atom stereocenters. The molecule has 302 valence electrons. The molecule has 3 aliphatic rings. The lowest BCUT2D eigenvalue weighted by atomic mass is 9.90. The van der Waals surface area contributed by atoms with Crippen molar-refractivity contribution >= 4 is 29.0 Å². The highest BCUT2D eigenvalue weighted by atomic mass is 16.8. The minimum absolute atomic E-state index is 0.0623. The molecule has 0 bridgehead atoms. The first-order chi connectivity index (χ1) is 25.9. The van der Waals surface area contributed by atoms with Crippen molar-refractivity contribution in [2.75, 3.05) is 52.0 Å². The van der Waals surface area contributed by atoms with Crippen LogP contribution in [-0.2, 0) is 25.4 Å². The summed E-state index contributed by atoms with van der Waals surface area (Å²) in [5.41, 5.74) is 8.40. The fourth-order valence-electron chi connectivity index (χ4n) is 8.38. The Bertz CT molecular complexity index is 1780. The van der Waals surface area contributed by atoms with Crippen LogP contribution in [0, 0.1) is 5.92 Å². The molecule has 1 aromatic carbocycles. The molecule has 2 aromatic heterocycles. The number of benzene rings is 1. The van der Waals surface area contributed by atoms with Crippen molar-refractivity contribution in [2.24, 2.45) is 5.92 Å². The number of carbonyl (C=O) groups excluding carboxylic acids is 2. The molecular weight excluding hydrogens is 699 g/mol. The Morgan fingerprint density at radius 3 is 2.18 bits per heavy atom. The Morgan fingerprint density at radius 2 is 1.53 bits per heavy atom. The first-order valence-corrected chi connectivity index (χ1v) is 20.0. The van der Waals surface area contributed by atoms with Crippen molar-refractivity contribution < 1.29 is 28.5 Å². The number of anilines is 1. The fraction of sp³-hybridized carbons (Fsp3) is 0.667. The molecular formula is C42H63N7O6. The van der Waals surface area contributed by atoms with E-state index < -0.39 is 23.1 Å². The minimum Gasteiger partial charge on any atom is -0.444 e. The van der Waals surface area contributed by atoms with Crippen molar-refractivity contribution in [1.29, 1.82) is 0 Å². The predicted molar refractivity (Wildman–Crippen MR) is 213 cm³/mol. The molecule has 13 nitrogen and oxygen atoms in total. The SMILES string of the molecule is CN1CCC(c2cn([C@@H]3C[C@H](CN(CCCN(CCc4ccccc4)C(=O)OC(C)(C)C)C(=O)OC(C)(C)C)[C@H]4OC(C)(C)O[C@H]43)c3ncnc(N)c23)CC1. The Balaban J connectivity index is 1.24. The van der Waals surface area contributed by atoms with E-state index in [0.29, 0.717) is 57.2 Å². The van der Waals surface area contributed by atoms with Crippen molar-refractivity contribution in [3.05, 3.63) is 54.0 Å². The van der Waals surface area contributed by atoms with Gasteiger partial charge in [-0.15, -0.1) is 0 Å². The van der Waals surface area contributed by atoms with E-state index >= 15 is 0 Å². The Hall–Kier alpha value is -3.94. The maximum absolute atomic E-state index is 13.9. The normalized spacial score (nSPS) is 23.1. The second kappa shape index (κ2) is 16.3. The van der Waals surface area contributed by atoms with Gasteiger partial charge in [0.1, 0.15) is 35.1 Å². The van der Waals surface area contributed by atoms with Gasteiger partial charge in [0, 0.05) is 38.3 Å². The highest BCUT2D eigenvalue weighted by molar-refractivity contribution is 5.90. The number of amides is 2. The number of fused-ring (bicyclic) bond motifs is 2. The summed E-state index contributed by atoms with van der Waals surface area (Å²) in [5.74, 6) is -0.0153. The number of aromatic nitrogens is 3. The van der Waals surface area contributed by atoms with E-state index in [2.05, 4.69) is 39.8 Å². The van der Waals surface area contributed by atoms with Crippen LogP contribution in [0.1, 0.15) is 104 Å². The number of nitrogens with two attached hydrogens (primary N) is 1. The second-order valence-electron chi connectivity index (χ2n) is 18.1. The summed E-state index contributed by atoms with van der Waals surface area (Å²) in [7, 11) is 2.17. The van der Waals surface area contributed by atoms with Crippen LogP contribution in [0.25, 0.3) is 11.0 Å². The fourth-order valence-corrected chi connectivity index (χ4v) is 8.38. The molecule has 3 aromatic rings. The first kappa shape index (κ1) is 40.7. The Kier molecular flexibility index (Phi) is 12.0. The van der Waals surface area contributed by atoms with E-state index in [-0.39, 0.29) is 30.3 Å². The van der Waals surface area contributed by atoms with Gasteiger partial charge in [0.05, 0.1) is 17.5 Å². The summed E-state index contributed by atoms with van der Waals surface area (Å²) in [5, 5.41) is 0.924. The van der Waals surface area contributed by atoms with Gasteiger partial charge in [0.15, 0.2) is 5.79 Å². The quantitative estimate of drug-likeness (QED) is 0.217. The number of rotatable bonds is 11. The van der Waals surface area contributed by atoms with E-state index in [0.717, 1.165) is 42.5 Å². The molecule has 0 radical (unpaired) electrons. The number of piperidine rings is 1. The summed E-state index contributed by atoms with van der Waals surface area (Å²) >= 11 is 0. The molecule has 55 heavy (non-hydrogen) atoms. The molecule has 2 aliphatic heterocycles. The first-order valence-electron chi connectivity index (χ1n) is 20.0. The number of nitrogen functional groups attached to an aromatic ring is 1. The Labute approximate surface area is 326 Å². The van der Waals surface area contributed by atoms with Crippen molar-refractivity contribution in [2.45, 2.75) is 129 Å². The zero-order chi connectivity index (χ0) is 39.7. The second-order valence-corrected chi connectivity index (χ2v) is 18.1. The maximum Gasteiger partial charge on any atom is 0.410 e. The van der Waals surface area contributed by atoms with Crippen LogP contribution in [0.2, 0.25) is 0 Å². The highest BCUT2D eigenvalue weighted by Gasteiger charge is 2.55. The lowest BCUT2D eigenvalue weighted by Crippen LogP contribution is -2.44. The minimum atomic E-state index is -0.802. The van der Waals surface area contributed by atoms with Gasteiger partial charge in [-0.3, -0.25) is 0 Å². The smallest absolute Gasteiger partial charge is 0.410 e. The largest absolute Gasteiger partial charge is 0.444 e. The van der Waals surface area contributed by atoms with Crippen LogP contribution in [-0.4, -0.2) is 117 Å². The number of nitrogens with zero attached hydrogens (tertiary/aromatic N) is 6. The van der Waals surface area contributed by atoms with E-state index in [1.807, 2.05) is 73.6 Å².